The van der Waals surface area contributed by atoms with E-state index in [1.165, 1.54) is 11.1 Å². The second kappa shape index (κ2) is 5.66. The van der Waals surface area contributed by atoms with E-state index >= 15 is 0 Å². The average molecular weight is 347 g/mol. The maximum Gasteiger partial charge on any atom is 0.329 e. The van der Waals surface area contributed by atoms with Gasteiger partial charge >= 0.3 is 5.97 Å². The molecule has 1 N–H and O–H groups in total. The molecule has 25 heavy (non-hydrogen) atoms. The van der Waals surface area contributed by atoms with Gasteiger partial charge in [-0.3, -0.25) is 14.5 Å². The van der Waals surface area contributed by atoms with Gasteiger partial charge in [-0.05, 0) is 63.7 Å². The lowest BCUT2D eigenvalue weighted by Crippen LogP contribution is -2.60. The van der Waals surface area contributed by atoms with Gasteiger partial charge in [-0.15, -0.1) is 0 Å². The van der Waals surface area contributed by atoms with Crippen LogP contribution in [0.5, 0.6) is 0 Å². The van der Waals surface area contributed by atoms with Crippen molar-refractivity contribution >= 4 is 17.7 Å². The van der Waals surface area contributed by atoms with E-state index in [0.717, 1.165) is 19.3 Å². The zero-order valence-corrected chi connectivity index (χ0v) is 14.6. The van der Waals surface area contributed by atoms with Crippen molar-refractivity contribution in [3.63, 3.8) is 0 Å². The van der Waals surface area contributed by atoms with Crippen LogP contribution in [0.15, 0.2) is 12.3 Å². The van der Waals surface area contributed by atoms with Crippen LogP contribution < -0.4 is 0 Å². The van der Waals surface area contributed by atoms with Crippen LogP contribution in [0, 0.1) is 17.3 Å². The predicted octanol–water partition coefficient (Wildman–Crippen LogP) is 1.56. The molecule has 1 amide bonds. The Hall–Kier alpha value is -1.69. The lowest BCUT2D eigenvalue weighted by molar-refractivity contribution is -0.181. The Kier molecular flexibility index (Phi) is 3.79. The minimum Gasteiger partial charge on any atom is -0.464 e. The average Bonchev–Trinajstić information content (AvgIpc) is 3.01. The molecule has 4 unspecified atom stereocenters. The number of amides is 1. The molecule has 0 aromatic carbocycles. The number of nitrogens with zero attached hydrogens (tertiary/aromatic N) is 1. The second-order valence-electron chi connectivity index (χ2n) is 8.40. The summed E-state index contributed by atoms with van der Waals surface area (Å²) in [5.74, 6) is -0.869. The van der Waals surface area contributed by atoms with Crippen molar-refractivity contribution in [2.75, 3.05) is 6.61 Å². The molecule has 0 aromatic heterocycles. The maximum atomic E-state index is 13.2. The topological polar surface area (TPSA) is 83.9 Å². The van der Waals surface area contributed by atoms with Gasteiger partial charge in [0.15, 0.2) is 0 Å². The second-order valence-corrected chi connectivity index (χ2v) is 8.40. The summed E-state index contributed by atoms with van der Waals surface area (Å²) in [6.45, 7) is 1.96. The predicted molar refractivity (Wildman–Crippen MR) is 88.1 cm³/mol. The first-order valence-electron chi connectivity index (χ1n) is 9.29. The Morgan fingerprint density at radius 2 is 1.88 bits per heavy atom. The summed E-state index contributed by atoms with van der Waals surface area (Å²) in [5, 5.41) is 10.8. The third-order valence-corrected chi connectivity index (χ3v) is 6.46. The Morgan fingerprint density at radius 1 is 1.20 bits per heavy atom. The molecule has 0 spiro atoms. The van der Waals surface area contributed by atoms with E-state index in [1.807, 2.05) is 0 Å². The number of hydrogen-bond donors (Lipinski definition) is 1. The quantitative estimate of drug-likeness (QED) is 0.616. The van der Waals surface area contributed by atoms with Crippen LogP contribution in [0.25, 0.3) is 0 Å². The first-order chi connectivity index (χ1) is 11.9. The summed E-state index contributed by atoms with van der Waals surface area (Å²) in [5.41, 5.74) is -1.53. The highest BCUT2D eigenvalue weighted by Gasteiger charge is 2.61. The first kappa shape index (κ1) is 16.8. The largest absolute Gasteiger partial charge is 0.464 e. The molecule has 0 radical (unpaired) electrons. The fourth-order valence-electron chi connectivity index (χ4n) is 6.00. The van der Waals surface area contributed by atoms with Crippen molar-refractivity contribution in [3.05, 3.63) is 12.3 Å². The van der Waals surface area contributed by atoms with Gasteiger partial charge in [0.2, 0.25) is 5.78 Å². The molecule has 5 rings (SSSR count). The normalized spacial score (nSPS) is 41.2. The first-order valence-corrected chi connectivity index (χ1v) is 9.29. The van der Waals surface area contributed by atoms with Crippen molar-refractivity contribution in [2.24, 2.45) is 17.3 Å². The Morgan fingerprint density at radius 3 is 2.48 bits per heavy atom. The van der Waals surface area contributed by atoms with E-state index in [2.05, 4.69) is 0 Å². The lowest BCUT2D eigenvalue weighted by atomic mass is 9.47. The molecule has 0 saturated heterocycles. The molecule has 4 bridgehead atoms. The van der Waals surface area contributed by atoms with E-state index in [-0.39, 0.29) is 6.61 Å². The van der Waals surface area contributed by atoms with Crippen LogP contribution in [0.1, 0.15) is 51.9 Å². The van der Waals surface area contributed by atoms with Crippen LogP contribution in [-0.2, 0) is 19.1 Å². The smallest absolute Gasteiger partial charge is 0.329 e. The number of esters is 1. The van der Waals surface area contributed by atoms with Gasteiger partial charge in [0.05, 0.1) is 12.2 Å². The number of carbonyl (C=O) groups is 3. The third kappa shape index (κ3) is 2.62. The minimum absolute atomic E-state index is 0.242. The van der Waals surface area contributed by atoms with Gasteiger partial charge in [-0.25, -0.2) is 4.79 Å². The zero-order chi connectivity index (χ0) is 17.8. The van der Waals surface area contributed by atoms with E-state index in [1.54, 1.807) is 13.0 Å². The lowest BCUT2D eigenvalue weighted by Gasteiger charge is -2.59. The molecule has 4 saturated carbocycles. The van der Waals surface area contributed by atoms with Crippen LogP contribution in [0.3, 0.4) is 0 Å². The van der Waals surface area contributed by atoms with Gasteiger partial charge < -0.3 is 9.84 Å². The van der Waals surface area contributed by atoms with Gasteiger partial charge in [-0.1, -0.05) is 6.08 Å². The van der Waals surface area contributed by atoms with E-state index in [4.69, 9.17) is 4.74 Å². The number of ketones is 1. The summed E-state index contributed by atoms with van der Waals surface area (Å²) in [6, 6.07) is -0.742. The molecule has 4 fully saturated rings. The molecule has 5 atom stereocenters. The van der Waals surface area contributed by atoms with Crippen molar-refractivity contribution in [1.29, 1.82) is 0 Å². The molecular weight excluding hydrogens is 322 g/mol. The number of rotatable bonds is 4. The number of Topliss-reactive ketones (excluding diaryl/α,β-unsaturated/α-hetero) is 1. The van der Waals surface area contributed by atoms with Crippen molar-refractivity contribution < 1.29 is 24.2 Å². The molecule has 136 valence electrons. The van der Waals surface area contributed by atoms with Crippen LogP contribution >= 0.6 is 0 Å². The summed E-state index contributed by atoms with van der Waals surface area (Å²) in [4.78, 5) is 39.4. The molecule has 5 aliphatic rings. The number of ether oxygens (including phenoxy) is 1. The maximum absolute atomic E-state index is 13.2. The Labute approximate surface area is 147 Å². The number of hydrogen-bond acceptors (Lipinski definition) is 5. The minimum atomic E-state index is -0.790. The number of carbonyl (C=O) groups excluding carboxylic acids is 3. The molecular formula is C19H25NO5. The highest BCUT2D eigenvalue weighted by atomic mass is 16.5. The molecule has 4 aliphatic carbocycles. The van der Waals surface area contributed by atoms with Gasteiger partial charge in [0.1, 0.15) is 6.04 Å². The van der Waals surface area contributed by atoms with Crippen LogP contribution in [-0.4, -0.2) is 45.9 Å². The number of aliphatic hydroxyl groups is 1. The highest BCUT2D eigenvalue weighted by molar-refractivity contribution is 6.38. The fraction of sp³-hybridized carbons (Fsp3) is 0.737. The molecule has 1 aliphatic heterocycles. The molecule has 1 heterocycles. The van der Waals surface area contributed by atoms with Crippen molar-refractivity contribution in [2.45, 2.75) is 63.5 Å². The molecule has 6 heteroatoms. The van der Waals surface area contributed by atoms with E-state index in [0.29, 0.717) is 37.5 Å². The van der Waals surface area contributed by atoms with E-state index in [9.17, 15) is 19.5 Å². The van der Waals surface area contributed by atoms with Crippen LogP contribution in [0.2, 0.25) is 0 Å². The standard InChI is InChI=1S/C19H25NO5/c1-2-25-17(23)14-4-3-5-20(14)16(22)15(21)18-7-12-6-13(8-18)10-19(24,9-12)11-18/h3,5,12-14,24H,2,4,6-11H2,1H3/t12-,13?,14?,18?,19?/m1/s1. The fourth-order valence-corrected chi connectivity index (χ4v) is 6.00. The highest BCUT2D eigenvalue weighted by Crippen LogP contribution is 2.62. The summed E-state index contributed by atoms with van der Waals surface area (Å²) in [6.07, 6.45) is 7.95. The third-order valence-electron chi connectivity index (χ3n) is 6.46. The monoisotopic (exact) mass is 347 g/mol. The summed E-state index contributed by atoms with van der Waals surface area (Å²) in [7, 11) is 0. The van der Waals surface area contributed by atoms with Crippen molar-refractivity contribution in [3.8, 4) is 0 Å². The van der Waals surface area contributed by atoms with Crippen molar-refractivity contribution in [1.82, 2.24) is 4.90 Å². The molecule has 6 nitrogen and oxygen atoms in total. The van der Waals surface area contributed by atoms with E-state index < -0.39 is 34.7 Å². The zero-order valence-electron chi connectivity index (χ0n) is 14.6. The summed E-state index contributed by atoms with van der Waals surface area (Å²) >= 11 is 0. The Bertz CT molecular complexity index is 640. The Balaban J connectivity index is 1.55. The summed E-state index contributed by atoms with van der Waals surface area (Å²) < 4.78 is 5.03. The SMILES string of the molecule is CCOC(=O)C1CC=CN1C(=O)C(=O)C12CC3C[C@@H](CC(O)(C3)C1)C2. The van der Waals surface area contributed by atoms with Crippen LogP contribution in [0.4, 0.5) is 0 Å². The van der Waals surface area contributed by atoms with Gasteiger partial charge in [0, 0.05) is 11.6 Å². The van der Waals surface area contributed by atoms with Gasteiger partial charge in [-0.2, -0.15) is 0 Å². The molecule has 0 aromatic rings. The van der Waals surface area contributed by atoms with Gasteiger partial charge in [0.25, 0.3) is 5.91 Å².